The minimum atomic E-state index is -2.35. The molecule has 0 aromatic heterocycles. The van der Waals surface area contributed by atoms with Crippen molar-refractivity contribution in [2.75, 3.05) is 6.61 Å². The molecule has 3 fully saturated rings. The highest BCUT2D eigenvalue weighted by molar-refractivity contribution is 5.94. The number of hydrogen-bond acceptors (Lipinski definition) is 14. The molecule has 0 radical (unpaired) electrons. The minimum Gasteiger partial charge on any atom is -0.456 e. The van der Waals surface area contributed by atoms with Crippen molar-refractivity contribution in [1.82, 2.24) is 5.32 Å². The third-order valence-corrected chi connectivity index (χ3v) is 13.1. The smallest absolute Gasteiger partial charge is 0.407 e. The second kappa shape index (κ2) is 15.8. The number of nitrogens with one attached hydrogen (secondary N) is 1. The van der Waals surface area contributed by atoms with Crippen LogP contribution in [0.1, 0.15) is 89.7 Å². The number of ketones is 1. The third kappa shape index (κ3) is 7.00. The summed E-state index contributed by atoms with van der Waals surface area (Å²) in [5.41, 5.74) is -7.19. The van der Waals surface area contributed by atoms with Gasteiger partial charge < -0.3 is 49.4 Å². The fourth-order valence-corrected chi connectivity index (χ4v) is 9.55. The molecule has 1 aliphatic heterocycles. The average Bonchev–Trinajstić information content (AvgIpc) is 3.18. The van der Waals surface area contributed by atoms with Crippen LogP contribution < -0.4 is 5.32 Å². The maximum atomic E-state index is 14.9. The second-order valence-electron chi connectivity index (χ2n) is 16.7. The van der Waals surface area contributed by atoms with E-state index in [1.165, 1.54) is 26.0 Å². The van der Waals surface area contributed by atoms with Gasteiger partial charge in [-0.15, -0.1) is 0 Å². The molecule has 12 atom stereocenters. The molecular weight excluding hydrogens is 754 g/mol. The largest absolute Gasteiger partial charge is 0.456 e. The van der Waals surface area contributed by atoms with Crippen molar-refractivity contribution in [2.24, 2.45) is 16.7 Å². The van der Waals surface area contributed by atoms with Gasteiger partial charge in [-0.3, -0.25) is 9.59 Å². The van der Waals surface area contributed by atoms with E-state index in [2.05, 4.69) is 5.32 Å². The van der Waals surface area contributed by atoms with Crippen LogP contribution in [0.2, 0.25) is 0 Å². The first-order valence-corrected chi connectivity index (χ1v) is 19.6. The number of ether oxygens (including phenoxy) is 5. The summed E-state index contributed by atoms with van der Waals surface area (Å²) in [5.74, 6) is -5.35. The van der Waals surface area contributed by atoms with E-state index < -0.39 is 113 Å². The molecule has 2 aromatic rings. The number of aliphatic hydroxyl groups excluding tert-OH is 3. The molecule has 2 bridgehead atoms. The maximum Gasteiger partial charge on any atom is 0.407 e. The van der Waals surface area contributed by atoms with Crippen LogP contribution in [-0.4, -0.2) is 111 Å². The van der Waals surface area contributed by atoms with Crippen molar-refractivity contribution >= 4 is 29.8 Å². The Morgan fingerprint density at radius 3 is 2.17 bits per heavy atom. The summed E-state index contributed by atoms with van der Waals surface area (Å²) in [5, 5.41) is 51.6. The number of aliphatic hydroxyl groups is 4. The topological polar surface area (TPSA) is 224 Å². The van der Waals surface area contributed by atoms with Gasteiger partial charge in [-0.05, 0) is 56.0 Å². The van der Waals surface area contributed by atoms with E-state index in [9.17, 15) is 44.4 Å². The van der Waals surface area contributed by atoms with E-state index in [1.807, 2.05) is 6.92 Å². The predicted molar refractivity (Wildman–Crippen MR) is 204 cm³/mol. The van der Waals surface area contributed by atoms with Gasteiger partial charge in [0.25, 0.3) is 0 Å². The number of Topliss-reactive ketones (excluding diaryl/α,β-unsaturated/α-hetero) is 1. The summed E-state index contributed by atoms with van der Waals surface area (Å²) in [6.45, 7) is 10.4. The summed E-state index contributed by atoms with van der Waals surface area (Å²) < 4.78 is 29.5. The Balaban J connectivity index is 1.48. The first kappa shape index (κ1) is 42.9. The van der Waals surface area contributed by atoms with Gasteiger partial charge in [0.15, 0.2) is 17.5 Å². The zero-order chi connectivity index (χ0) is 42.5. The van der Waals surface area contributed by atoms with E-state index in [4.69, 9.17) is 23.7 Å². The molecule has 314 valence electrons. The Labute approximate surface area is 336 Å². The second-order valence-corrected chi connectivity index (χ2v) is 16.7. The fraction of sp³-hybridized carbons (Fsp3) is 0.558. The number of rotatable bonds is 10. The molecule has 3 aliphatic carbocycles. The molecule has 1 heterocycles. The van der Waals surface area contributed by atoms with Gasteiger partial charge in [0.2, 0.25) is 0 Å². The van der Waals surface area contributed by atoms with E-state index in [0.29, 0.717) is 12.0 Å². The molecule has 4 aliphatic rings. The van der Waals surface area contributed by atoms with Crippen molar-refractivity contribution in [2.45, 2.75) is 128 Å². The van der Waals surface area contributed by atoms with E-state index in [-0.39, 0.29) is 29.7 Å². The number of carbonyl (C=O) groups is 5. The molecule has 2 saturated carbocycles. The third-order valence-electron chi connectivity index (χ3n) is 13.1. The fourth-order valence-electron chi connectivity index (χ4n) is 9.55. The van der Waals surface area contributed by atoms with Crippen molar-refractivity contribution in [3.8, 4) is 0 Å². The highest BCUT2D eigenvalue weighted by Crippen LogP contribution is 2.64. The van der Waals surface area contributed by atoms with Gasteiger partial charge in [0.1, 0.15) is 36.1 Å². The predicted octanol–water partition coefficient (Wildman–Crippen LogP) is 3.26. The van der Waals surface area contributed by atoms with Crippen LogP contribution in [0.3, 0.4) is 0 Å². The molecule has 0 unspecified atom stereocenters. The SMILES string of the molecule is CC[C@H](C)OC(=O)N[C@@H](c1ccccc1)[C@@H](O)C(=O)O[C@H]1C[C@@]2(O)[C@@H](OC(=O)c3ccccc3)[C@@H]3[C@]4(OC(C)=O)CO[C@@H]4C[C@H](O)[C@@]3(C)C(=O)[C@H](O)C(=C1C)C2(C)C. The molecule has 15 nitrogen and oxygen atoms in total. The Bertz CT molecular complexity index is 1950. The zero-order valence-electron chi connectivity index (χ0n) is 33.7. The molecule has 15 heteroatoms. The molecule has 1 saturated heterocycles. The molecule has 2 aromatic carbocycles. The van der Waals surface area contributed by atoms with E-state index >= 15 is 0 Å². The number of hydrogen-bond donors (Lipinski definition) is 5. The van der Waals surface area contributed by atoms with Gasteiger partial charge in [-0.25, -0.2) is 14.4 Å². The van der Waals surface area contributed by atoms with Gasteiger partial charge in [-0.1, -0.05) is 69.3 Å². The van der Waals surface area contributed by atoms with Gasteiger partial charge >= 0.3 is 24.0 Å². The standard InChI is InChI=1S/C43H53NO14/c1-8-22(2)55-39(52)44-31(25-15-11-9-12-16-25)33(48)38(51)56-27-20-43(53)36(57-37(50)26-17-13-10-14-18-26)34-41(7,35(49)32(47)30(23(27)3)40(43,5)6)28(46)19-29-42(34,21-54-29)58-24(4)45/h9-18,22,27-29,31-34,36,46-48,53H,8,19-21H2,1-7H3,(H,44,52)/t22-,27-,28-,29+,31-,32+,33+,34-,36-,41+,42-,43+/m0/s1. The van der Waals surface area contributed by atoms with E-state index in [0.717, 1.165) is 6.92 Å². The molecule has 6 rings (SSSR count). The summed E-state index contributed by atoms with van der Waals surface area (Å²) in [7, 11) is 0. The van der Waals surface area contributed by atoms with E-state index in [1.54, 1.807) is 69.3 Å². The summed E-state index contributed by atoms with van der Waals surface area (Å²) in [6, 6.07) is 14.7. The van der Waals surface area contributed by atoms with Crippen LogP contribution in [0.25, 0.3) is 0 Å². The number of fused-ring (bicyclic) bond motifs is 5. The number of benzene rings is 2. The summed E-state index contributed by atoms with van der Waals surface area (Å²) in [4.78, 5) is 68.9. The number of alkyl carbamates (subject to hydrolysis) is 1. The van der Waals surface area contributed by atoms with Crippen LogP contribution in [0, 0.1) is 16.7 Å². The van der Waals surface area contributed by atoms with Crippen LogP contribution in [0.5, 0.6) is 0 Å². The number of esters is 3. The van der Waals surface area contributed by atoms with Crippen LogP contribution in [0.15, 0.2) is 71.8 Å². The highest BCUT2D eigenvalue weighted by atomic mass is 16.6. The van der Waals surface area contributed by atoms with Gasteiger partial charge in [0, 0.05) is 25.2 Å². The lowest BCUT2D eigenvalue weighted by atomic mass is 9.44. The molecule has 58 heavy (non-hydrogen) atoms. The quantitative estimate of drug-likeness (QED) is 0.132. The maximum absolute atomic E-state index is 14.9. The first-order chi connectivity index (χ1) is 27.2. The molecule has 0 spiro atoms. The Hall–Kier alpha value is -4.67. The number of amides is 1. The Morgan fingerprint density at radius 1 is 0.983 bits per heavy atom. The lowest BCUT2D eigenvalue weighted by Crippen LogP contribution is -2.81. The Kier molecular flexibility index (Phi) is 11.7. The van der Waals surface area contributed by atoms with Gasteiger partial charge in [-0.2, -0.15) is 0 Å². The van der Waals surface area contributed by atoms with Crippen molar-refractivity contribution in [1.29, 1.82) is 0 Å². The average molecular weight is 808 g/mol. The normalized spacial score (nSPS) is 33.9. The molecular formula is C43H53NO14. The minimum absolute atomic E-state index is 0.0606. The molecule has 5 N–H and O–H groups in total. The van der Waals surface area contributed by atoms with Crippen LogP contribution in [-0.2, 0) is 38.1 Å². The first-order valence-electron chi connectivity index (χ1n) is 19.6. The summed E-state index contributed by atoms with van der Waals surface area (Å²) in [6.07, 6.45) is -11.4. The van der Waals surface area contributed by atoms with Crippen LogP contribution in [0.4, 0.5) is 4.79 Å². The van der Waals surface area contributed by atoms with Crippen molar-refractivity contribution < 1.29 is 68.1 Å². The van der Waals surface area contributed by atoms with Crippen molar-refractivity contribution in [3.63, 3.8) is 0 Å². The zero-order valence-corrected chi connectivity index (χ0v) is 33.7. The summed E-state index contributed by atoms with van der Waals surface area (Å²) >= 11 is 0. The Morgan fingerprint density at radius 2 is 1.60 bits per heavy atom. The van der Waals surface area contributed by atoms with Crippen LogP contribution >= 0.6 is 0 Å². The highest BCUT2D eigenvalue weighted by Gasteiger charge is 2.78. The lowest BCUT2D eigenvalue weighted by Gasteiger charge is -2.67. The lowest BCUT2D eigenvalue weighted by molar-refractivity contribution is -0.346. The monoisotopic (exact) mass is 807 g/mol. The van der Waals surface area contributed by atoms with Gasteiger partial charge in [0.05, 0.1) is 35.6 Å². The van der Waals surface area contributed by atoms with Crippen molar-refractivity contribution in [3.05, 3.63) is 82.9 Å². The number of carbonyl (C=O) groups excluding carboxylic acids is 5. The molecule has 1 amide bonds.